The third-order valence-electron chi connectivity index (χ3n) is 4.04. The lowest BCUT2D eigenvalue weighted by molar-refractivity contribution is 0.101. The summed E-state index contributed by atoms with van der Waals surface area (Å²) in [6.07, 6.45) is 1.48. The van der Waals surface area contributed by atoms with Crippen LogP contribution in [0.2, 0.25) is 5.02 Å². The van der Waals surface area contributed by atoms with Gasteiger partial charge in [-0.25, -0.2) is 4.98 Å². The minimum absolute atomic E-state index is 0.319. The summed E-state index contributed by atoms with van der Waals surface area (Å²) in [5.74, 6) is 1.55. The van der Waals surface area contributed by atoms with Crippen LogP contribution in [-0.2, 0) is 7.05 Å². The monoisotopic (exact) mass is 400 g/mol. The number of carbonyl (C=O) groups excluding carboxylic acids is 1. The second-order valence-corrected chi connectivity index (χ2v) is 6.84. The number of nitrogens with one attached hydrogen (secondary N) is 2. The molecular formula is C18H21ClN8O. The van der Waals surface area contributed by atoms with Crippen molar-refractivity contribution in [2.45, 2.75) is 13.8 Å². The summed E-state index contributed by atoms with van der Waals surface area (Å²) in [7, 11) is 5.42. The quantitative estimate of drug-likeness (QED) is 0.678. The average molecular weight is 401 g/mol. The van der Waals surface area contributed by atoms with Crippen LogP contribution in [0.3, 0.4) is 0 Å². The van der Waals surface area contributed by atoms with E-state index in [2.05, 4.69) is 30.6 Å². The number of halogens is 1. The molecule has 0 saturated heterocycles. The van der Waals surface area contributed by atoms with E-state index in [1.165, 1.54) is 6.20 Å². The lowest BCUT2D eigenvalue weighted by Gasteiger charge is -2.13. The summed E-state index contributed by atoms with van der Waals surface area (Å²) in [5, 5.41) is 6.34. The first-order valence-electron chi connectivity index (χ1n) is 8.51. The number of aryl methyl sites for hydroxylation is 2. The van der Waals surface area contributed by atoms with E-state index in [-0.39, 0.29) is 5.91 Å². The van der Waals surface area contributed by atoms with Gasteiger partial charge in [0.2, 0.25) is 17.8 Å². The molecule has 0 atom stereocenters. The zero-order valence-electron chi connectivity index (χ0n) is 16.3. The van der Waals surface area contributed by atoms with Crippen molar-refractivity contribution in [2.24, 2.45) is 7.05 Å². The van der Waals surface area contributed by atoms with E-state index in [4.69, 9.17) is 11.6 Å². The lowest BCUT2D eigenvalue weighted by atomic mass is 10.2. The van der Waals surface area contributed by atoms with Crippen LogP contribution in [-0.4, -0.2) is 44.5 Å². The first-order chi connectivity index (χ1) is 13.3. The maximum Gasteiger partial charge on any atom is 0.274 e. The van der Waals surface area contributed by atoms with Crippen molar-refractivity contribution < 1.29 is 4.79 Å². The van der Waals surface area contributed by atoms with E-state index in [1.807, 2.05) is 33.2 Å². The molecule has 0 aliphatic carbocycles. The summed E-state index contributed by atoms with van der Waals surface area (Å²) < 4.78 is 1.62. The van der Waals surface area contributed by atoms with Crippen LogP contribution in [0, 0.1) is 13.8 Å². The van der Waals surface area contributed by atoms with E-state index in [9.17, 15) is 4.79 Å². The van der Waals surface area contributed by atoms with Crippen molar-refractivity contribution in [3.8, 4) is 0 Å². The molecule has 1 aromatic carbocycles. The number of carbonyl (C=O) groups is 1. The van der Waals surface area contributed by atoms with Crippen molar-refractivity contribution in [1.29, 1.82) is 0 Å². The molecule has 0 fully saturated rings. The highest BCUT2D eigenvalue weighted by Gasteiger charge is 2.17. The number of hydrogen-bond donors (Lipinski definition) is 2. The van der Waals surface area contributed by atoms with Crippen LogP contribution >= 0.6 is 11.6 Å². The largest absolute Gasteiger partial charge is 0.347 e. The van der Waals surface area contributed by atoms with Crippen molar-refractivity contribution in [1.82, 2.24) is 24.5 Å². The van der Waals surface area contributed by atoms with Gasteiger partial charge in [0.1, 0.15) is 11.5 Å². The molecule has 3 aromatic rings. The highest BCUT2D eigenvalue weighted by atomic mass is 35.5. The Labute approximate surface area is 167 Å². The summed E-state index contributed by atoms with van der Waals surface area (Å²) in [5.41, 5.74) is 1.81. The Morgan fingerprint density at radius 1 is 1.18 bits per heavy atom. The number of hydrogen-bond acceptors (Lipinski definition) is 7. The summed E-state index contributed by atoms with van der Waals surface area (Å²) in [6.45, 7) is 3.66. The summed E-state index contributed by atoms with van der Waals surface area (Å²) in [6, 6.07) is 5.44. The van der Waals surface area contributed by atoms with Gasteiger partial charge >= 0.3 is 0 Å². The third-order valence-corrected chi connectivity index (χ3v) is 4.36. The number of aromatic nitrogens is 5. The second-order valence-electron chi connectivity index (χ2n) is 6.44. The predicted octanol–water partition coefficient (Wildman–Crippen LogP) is 2.94. The Morgan fingerprint density at radius 2 is 1.93 bits per heavy atom. The summed E-state index contributed by atoms with van der Waals surface area (Å²) >= 11 is 6.19. The molecule has 0 saturated carbocycles. The van der Waals surface area contributed by atoms with Crippen LogP contribution in [0.15, 0.2) is 24.4 Å². The number of rotatable bonds is 5. The van der Waals surface area contributed by atoms with Gasteiger partial charge in [0.15, 0.2) is 0 Å². The molecule has 2 heterocycles. The normalized spacial score (nSPS) is 10.6. The van der Waals surface area contributed by atoms with Crippen LogP contribution < -0.4 is 15.5 Å². The Kier molecular flexibility index (Phi) is 5.46. The Morgan fingerprint density at radius 3 is 2.61 bits per heavy atom. The van der Waals surface area contributed by atoms with Crippen LogP contribution in [0.25, 0.3) is 0 Å². The highest BCUT2D eigenvalue weighted by Crippen LogP contribution is 2.26. The number of imidazole rings is 1. The number of amides is 1. The van der Waals surface area contributed by atoms with Gasteiger partial charge < -0.3 is 14.8 Å². The number of nitrogens with zero attached hydrogens (tertiary/aromatic N) is 6. The SMILES string of the molecule is Cc1nc(Nc2ncc(C(=O)Nc3c(C)cccc3Cl)n2C)nc(N(C)C)n1. The van der Waals surface area contributed by atoms with E-state index in [0.29, 0.717) is 40.1 Å². The van der Waals surface area contributed by atoms with Crippen molar-refractivity contribution in [2.75, 3.05) is 29.6 Å². The van der Waals surface area contributed by atoms with E-state index < -0.39 is 0 Å². The van der Waals surface area contributed by atoms with Gasteiger partial charge in [-0.3, -0.25) is 10.1 Å². The van der Waals surface area contributed by atoms with Crippen molar-refractivity contribution in [3.63, 3.8) is 0 Å². The number of benzene rings is 1. The Hall–Kier alpha value is -3.20. The second kappa shape index (κ2) is 7.81. The van der Waals surface area contributed by atoms with Crippen LogP contribution in [0.5, 0.6) is 0 Å². The predicted molar refractivity (Wildman–Crippen MR) is 110 cm³/mol. The molecule has 10 heteroatoms. The van der Waals surface area contributed by atoms with Crippen LogP contribution in [0.4, 0.5) is 23.5 Å². The van der Waals surface area contributed by atoms with Gasteiger partial charge in [-0.15, -0.1) is 0 Å². The smallest absolute Gasteiger partial charge is 0.274 e. The molecule has 0 radical (unpaired) electrons. The molecule has 0 aliphatic heterocycles. The molecule has 0 spiro atoms. The molecule has 2 N–H and O–H groups in total. The zero-order chi connectivity index (χ0) is 20.4. The topological polar surface area (TPSA) is 101 Å². The van der Waals surface area contributed by atoms with E-state index in [0.717, 1.165) is 5.56 Å². The lowest BCUT2D eigenvalue weighted by Crippen LogP contribution is -2.18. The van der Waals surface area contributed by atoms with Crippen molar-refractivity contribution in [3.05, 3.63) is 46.5 Å². The first-order valence-corrected chi connectivity index (χ1v) is 8.89. The molecule has 28 heavy (non-hydrogen) atoms. The molecule has 0 bridgehead atoms. The summed E-state index contributed by atoms with van der Waals surface area (Å²) in [4.78, 5) is 31.6. The average Bonchev–Trinajstić information content (AvgIpc) is 2.98. The van der Waals surface area contributed by atoms with Gasteiger partial charge in [-0.2, -0.15) is 15.0 Å². The molecule has 146 valence electrons. The Balaban J connectivity index is 1.83. The first kappa shape index (κ1) is 19.6. The van der Waals surface area contributed by atoms with E-state index >= 15 is 0 Å². The number of anilines is 4. The highest BCUT2D eigenvalue weighted by molar-refractivity contribution is 6.34. The molecular weight excluding hydrogens is 380 g/mol. The fraction of sp³-hybridized carbons (Fsp3) is 0.278. The van der Waals surface area contributed by atoms with Gasteiger partial charge in [0.25, 0.3) is 5.91 Å². The van der Waals surface area contributed by atoms with Crippen LogP contribution in [0.1, 0.15) is 21.9 Å². The minimum atomic E-state index is -0.319. The third kappa shape index (κ3) is 4.04. The van der Waals surface area contributed by atoms with Crippen molar-refractivity contribution >= 4 is 41.0 Å². The van der Waals surface area contributed by atoms with Gasteiger partial charge in [-0.05, 0) is 25.5 Å². The molecule has 0 unspecified atom stereocenters. The fourth-order valence-electron chi connectivity index (χ4n) is 2.53. The minimum Gasteiger partial charge on any atom is -0.347 e. The molecule has 9 nitrogen and oxygen atoms in total. The fourth-order valence-corrected chi connectivity index (χ4v) is 2.80. The Bertz CT molecular complexity index is 1010. The molecule has 1 amide bonds. The molecule has 0 aliphatic rings. The molecule has 2 aromatic heterocycles. The van der Waals surface area contributed by atoms with Gasteiger partial charge in [0.05, 0.1) is 16.9 Å². The van der Waals surface area contributed by atoms with Gasteiger partial charge in [0, 0.05) is 21.1 Å². The standard InChI is InChI=1S/C18H21ClN8O/c1-10-7-6-8-12(19)14(10)23-15(28)13-9-20-17(27(13)5)24-16-21-11(2)22-18(25-16)26(3)4/h6-9H,1-5H3,(H,23,28)(H,20,21,22,24,25). The maximum atomic E-state index is 12.7. The number of para-hydroxylation sites is 1. The molecule has 3 rings (SSSR count). The maximum absolute atomic E-state index is 12.7. The van der Waals surface area contributed by atoms with Gasteiger partial charge in [-0.1, -0.05) is 23.7 Å². The van der Waals surface area contributed by atoms with E-state index in [1.54, 1.807) is 29.5 Å². The zero-order valence-corrected chi connectivity index (χ0v) is 17.0.